The third kappa shape index (κ3) is 5.37. The molecular formula is C22H25N5O3S2. The molecule has 1 amide bonds. The molecule has 0 bridgehead atoms. The number of hydrogen-bond donors (Lipinski definition) is 2. The normalized spacial score (nSPS) is 17.2. The van der Waals surface area contributed by atoms with Gasteiger partial charge in [-0.1, -0.05) is 60.3 Å². The molecule has 1 aliphatic rings. The van der Waals surface area contributed by atoms with Gasteiger partial charge in [-0.15, -0.1) is 5.10 Å². The van der Waals surface area contributed by atoms with Crippen molar-refractivity contribution in [1.29, 1.82) is 0 Å². The highest BCUT2D eigenvalue weighted by Crippen LogP contribution is 2.24. The van der Waals surface area contributed by atoms with Crippen molar-refractivity contribution in [2.75, 3.05) is 25.4 Å². The summed E-state index contributed by atoms with van der Waals surface area (Å²) in [5.41, 5.74) is 0.965. The van der Waals surface area contributed by atoms with Gasteiger partial charge in [0.2, 0.25) is 21.1 Å². The second-order valence-electron chi connectivity index (χ2n) is 7.49. The lowest BCUT2D eigenvalue weighted by atomic mass is 9.99. The summed E-state index contributed by atoms with van der Waals surface area (Å²) in [4.78, 5) is 17.4. The van der Waals surface area contributed by atoms with Gasteiger partial charge < -0.3 is 5.32 Å². The Labute approximate surface area is 191 Å². The van der Waals surface area contributed by atoms with Gasteiger partial charge in [-0.25, -0.2) is 13.4 Å². The Morgan fingerprint density at radius 1 is 1.12 bits per heavy atom. The molecular weight excluding hydrogens is 446 g/mol. The van der Waals surface area contributed by atoms with Gasteiger partial charge in [0.1, 0.15) is 0 Å². The van der Waals surface area contributed by atoms with Gasteiger partial charge in [-0.3, -0.25) is 9.89 Å². The lowest BCUT2D eigenvalue weighted by molar-refractivity contribution is -0.125. The van der Waals surface area contributed by atoms with Crippen molar-refractivity contribution in [2.24, 2.45) is 5.92 Å². The first-order valence-electron chi connectivity index (χ1n) is 10.5. The molecule has 1 aromatic heterocycles. The van der Waals surface area contributed by atoms with Crippen molar-refractivity contribution < 1.29 is 13.2 Å². The molecule has 1 fully saturated rings. The van der Waals surface area contributed by atoms with Crippen molar-refractivity contribution in [1.82, 2.24) is 24.8 Å². The number of carbonyl (C=O) groups is 1. The zero-order chi connectivity index (χ0) is 22.4. The van der Waals surface area contributed by atoms with E-state index in [1.165, 1.54) is 16.1 Å². The lowest BCUT2D eigenvalue weighted by Crippen LogP contribution is -2.45. The number of aromatic amines is 1. The first-order chi connectivity index (χ1) is 15.5. The van der Waals surface area contributed by atoms with Gasteiger partial charge in [0.25, 0.3) is 0 Å². The number of thioether (sulfide) groups is 1. The van der Waals surface area contributed by atoms with E-state index in [-0.39, 0.29) is 23.3 Å². The van der Waals surface area contributed by atoms with E-state index in [1.807, 2.05) is 30.3 Å². The Hall–Kier alpha value is -2.69. The summed E-state index contributed by atoms with van der Waals surface area (Å²) in [7, 11) is -3.58. The average Bonchev–Trinajstić information content (AvgIpc) is 3.32. The molecule has 168 valence electrons. The van der Waals surface area contributed by atoms with E-state index < -0.39 is 10.0 Å². The van der Waals surface area contributed by atoms with E-state index in [1.54, 1.807) is 30.3 Å². The van der Waals surface area contributed by atoms with Crippen molar-refractivity contribution >= 4 is 27.7 Å². The maximum Gasteiger partial charge on any atom is 0.243 e. The second kappa shape index (κ2) is 10.3. The fourth-order valence-electron chi connectivity index (χ4n) is 3.61. The van der Waals surface area contributed by atoms with Crippen LogP contribution in [0.4, 0.5) is 0 Å². The maximum absolute atomic E-state index is 12.9. The summed E-state index contributed by atoms with van der Waals surface area (Å²) in [6, 6.07) is 18.1. The predicted molar refractivity (Wildman–Crippen MR) is 123 cm³/mol. The van der Waals surface area contributed by atoms with Gasteiger partial charge in [0.15, 0.2) is 5.82 Å². The number of sulfonamides is 1. The van der Waals surface area contributed by atoms with Crippen LogP contribution < -0.4 is 5.32 Å². The monoisotopic (exact) mass is 471 g/mol. The number of piperidine rings is 1. The van der Waals surface area contributed by atoms with Gasteiger partial charge in [0, 0.05) is 31.0 Å². The van der Waals surface area contributed by atoms with E-state index in [9.17, 15) is 13.2 Å². The summed E-state index contributed by atoms with van der Waals surface area (Å²) in [6.07, 6.45) is 1.35. The maximum atomic E-state index is 12.9. The van der Waals surface area contributed by atoms with Crippen LogP contribution in [0.2, 0.25) is 0 Å². The summed E-state index contributed by atoms with van der Waals surface area (Å²) in [5, 5.41) is 10.7. The number of hydrogen-bond acceptors (Lipinski definition) is 6. The second-order valence-corrected chi connectivity index (χ2v) is 10.5. The van der Waals surface area contributed by atoms with Crippen LogP contribution in [0.15, 0.2) is 70.7 Å². The van der Waals surface area contributed by atoms with Crippen LogP contribution in [-0.2, 0) is 14.8 Å². The smallest absolute Gasteiger partial charge is 0.243 e. The molecule has 3 aromatic rings. The summed E-state index contributed by atoms with van der Waals surface area (Å²) in [5.74, 6) is 0.870. The molecule has 0 spiro atoms. The minimum atomic E-state index is -3.58. The average molecular weight is 472 g/mol. The van der Waals surface area contributed by atoms with Gasteiger partial charge in [-0.2, -0.15) is 4.31 Å². The molecule has 2 heterocycles. The topological polar surface area (TPSA) is 108 Å². The van der Waals surface area contributed by atoms with Crippen LogP contribution in [0.1, 0.15) is 12.8 Å². The zero-order valence-corrected chi connectivity index (χ0v) is 19.1. The molecule has 0 saturated carbocycles. The molecule has 1 aliphatic heterocycles. The van der Waals surface area contributed by atoms with Crippen LogP contribution >= 0.6 is 11.8 Å². The molecule has 1 atom stereocenters. The molecule has 1 unspecified atom stereocenters. The Balaban J connectivity index is 1.25. The van der Waals surface area contributed by atoms with Crippen molar-refractivity contribution in [3.8, 4) is 11.4 Å². The fourth-order valence-corrected chi connectivity index (χ4v) is 5.81. The largest absolute Gasteiger partial charge is 0.355 e. The Bertz CT molecular complexity index is 1140. The van der Waals surface area contributed by atoms with Crippen LogP contribution in [0, 0.1) is 5.92 Å². The third-order valence-electron chi connectivity index (χ3n) is 5.28. The van der Waals surface area contributed by atoms with E-state index in [0.717, 1.165) is 5.56 Å². The zero-order valence-electron chi connectivity index (χ0n) is 17.5. The summed E-state index contributed by atoms with van der Waals surface area (Å²) < 4.78 is 27.1. The molecule has 0 aliphatic carbocycles. The van der Waals surface area contributed by atoms with Crippen LogP contribution in [0.25, 0.3) is 11.4 Å². The van der Waals surface area contributed by atoms with Gasteiger partial charge in [0.05, 0.1) is 10.8 Å². The van der Waals surface area contributed by atoms with Gasteiger partial charge >= 0.3 is 0 Å². The fraction of sp³-hybridized carbons (Fsp3) is 0.318. The number of benzene rings is 2. The first kappa shape index (κ1) is 22.5. The van der Waals surface area contributed by atoms with Crippen LogP contribution in [-0.4, -0.2) is 59.2 Å². The number of nitrogens with zero attached hydrogens (tertiary/aromatic N) is 3. The minimum absolute atomic E-state index is 0.112. The predicted octanol–water partition coefficient (Wildman–Crippen LogP) is 2.78. The van der Waals surface area contributed by atoms with Crippen LogP contribution in [0.5, 0.6) is 0 Å². The third-order valence-corrected chi connectivity index (χ3v) is 8.01. The number of rotatable bonds is 8. The molecule has 2 N–H and O–H groups in total. The Kier molecular flexibility index (Phi) is 7.23. The van der Waals surface area contributed by atoms with Crippen molar-refractivity contribution in [3.05, 3.63) is 60.7 Å². The Morgan fingerprint density at radius 2 is 1.84 bits per heavy atom. The number of carbonyl (C=O) groups excluding carboxylic acids is 1. The minimum Gasteiger partial charge on any atom is -0.355 e. The molecule has 8 nitrogen and oxygen atoms in total. The van der Waals surface area contributed by atoms with Crippen molar-refractivity contribution in [3.63, 3.8) is 0 Å². The SMILES string of the molecule is O=C(NCCSc1n[nH]c(-c2ccccc2)n1)C1CCCN(S(=O)(=O)c2ccccc2)C1. The molecule has 2 aromatic carbocycles. The van der Waals surface area contributed by atoms with E-state index in [0.29, 0.717) is 42.7 Å². The lowest BCUT2D eigenvalue weighted by Gasteiger charge is -2.31. The summed E-state index contributed by atoms with van der Waals surface area (Å²) in [6.45, 7) is 1.10. The standard InChI is InChI=1S/C22H25N5O3S2/c28-21(18-10-7-14-27(16-18)32(29,30)19-11-5-2-6-12-19)23-13-15-31-22-24-20(25-26-22)17-8-3-1-4-9-17/h1-6,8-9,11-12,18H,7,10,13-16H2,(H,23,28)(H,24,25,26). The van der Waals surface area contributed by atoms with E-state index in [2.05, 4.69) is 20.5 Å². The molecule has 0 radical (unpaired) electrons. The Morgan fingerprint density at radius 3 is 2.59 bits per heavy atom. The number of nitrogens with one attached hydrogen (secondary N) is 2. The molecule has 1 saturated heterocycles. The highest BCUT2D eigenvalue weighted by atomic mass is 32.2. The van der Waals surface area contributed by atoms with E-state index >= 15 is 0 Å². The van der Waals surface area contributed by atoms with Crippen LogP contribution in [0.3, 0.4) is 0 Å². The highest BCUT2D eigenvalue weighted by Gasteiger charge is 2.33. The highest BCUT2D eigenvalue weighted by molar-refractivity contribution is 7.99. The number of amides is 1. The summed E-state index contributed by atoms with van der Waals surface area (Å²) >= 11 is 1.45. The van der Waals surface area contributed by atoms with Gasteiger partial charge in [-0.05, 0) is 25.0 Å². The van der Waals surface area contributed by atoms with Crippen molar-refractivity contribution in [2.45, 2.75) is 22.9 Å². The quantitative estimate of drug-likeness (QED) is 0.386. The molecule has 10 heteroatoms. The van der Waals surface area contributed by atoms with E-state index in [4.69, 9.17) is 0 Å². The molecule has 4 rings (SSSR count). The molecule has 32 heavy (non-hydrogen) atoms. The first-order valence-corrected chi connectivity index (χ1v) is 12.9. The number of aromatic nitrogens is 3. The number of H-pyrrole nitrogens is 1.